The number of nitrogens with zero attached hydrogens (tertiary/aromatic N) is 1. The van der Waals surface area contributed by atoms with Gasteiger partial charge in [-0.1, -0.05) is 23.9 Å². The molecule has 0 saturated carbocycles. The van der Waals surface area contributed by atoms with Crippen LogP contribution in [0.3, 0.4) is 0 Å². The van der Waals surface area contributed by atoms with Crippen LogP contribution in [0, 0.1) is 0 Å². The van der Waals surface area contributed by atoms with E-state index in [1.54, 1.807) is 6.92 Å². The number of hydrogen-bond acceptors (Lipinski definition) is 9. The van der Waals surface area contributed by atoms with E-state index in [4.69, 9.17) is 0 Å². The Bertz CT molecular complexity index is 888. The Morgan fingerprint density at radius 2 is 1.94 bits per heavy atom. The molecule has 1 heterocycles. The van der Waals surface area contributed by atoms with Gasteiger partial charge >= 0.3 is 5.97 Å². The summed E-state index contributed by atoms with van der Waals surface area (Å²) in [5, 5.41) is 2.69. The van der Waals surface area contributed by atoms with Crippen LogP contribution in [0.5, 0.6) is 0 Å². The fourth-order valence-electron chi connectivity index (χ4n) is 2.39. The van der Waals surface area contributed by atoms with Crippen molar-refractivity contribution >= 4 is 68.8 Å². The predicted octanol–water partition coefficient (Wildman–Crippen LogP) is 1.73. The number of esters is 1. The van der Waals surface area contributed by atoms with Crippen molar-refractivity contribution in [3.05, 3.63) is 24.3 Å². The number of hydrazine groups is 1. The summed E-state index contributed by atoms with van der Waals surface area (Å²) in [6, 6.07) is 6.90. The minimum absolute atomic E-state index is 0.109. The second kappa shape index (κ2) is 13.2. The number of para-hydroxylation sites is 1. The third-order valence-electron chi connectivity index (χ3n) is 3.80. The van der Waals surface area contributed by atoms with Crippen LogP contribution in [0.25, 0.3) is 10.2 Å². The van der Waals surface area contributed by atoms with Crippen molar-refractivity contribution in [2.24, 2.45) is 0 Å². The van der Waals surface area contributed by atoms with Crippen molar-refractivity contribution in [2.75, 3.05) is 24.4 Å². The number of thioether (sulfide) groups is 2. The molecule has 1 unspecified atom stereocenters. The molecule has 168 valence electrons. The number of carbonyl (C=O) groups is 4. The lowest BCUT2D eigenvalue weighted by atomic mass is 10.2. The molecule has 0 saturated heterocycles. The molecule has 0 aliphatic rings. The fraction of sp³-hybridized carbons (Fsp3) is 0.421. The number of aromatic nitrogens is 1. The van der Waals surface area contributed by atoms with Crippen molar-refractivity contribution in [1.82, 2.24) is 21.2 Å². The number of benzene rings is 1. The zero-order chi connectivity index (χ0) is 22.6. The molecule has 2 aromatic rings. The molecular weight excluding hydrogens is 460 g/mol. The lowest BCUT2D eigenvalue weighted by molar-refractivity contribution is -0.146. The summed E-state index contributed by atoms with van der Waals surface area (Å²) in [7, 11) is 0. The number of thiazole rings is 1. The average molecular weight is 485 g/mol. The maximum atomic E-state index is 12.4. The SMILES string of the molecule is CCOC(=O)CC(=O)NNC(=O)C(CCSC)NC(=O)CSc1nc2ccccc2s1. The maximum Gasteiger partial charge on any atom is 0.315 e. The van der Waals surface area contributed by atoms with E-state index < -0.39 is 30.2 Å². The van der Waals surface area contributed by atoms with Crippen LogP contribution in [-0.2, 0) is 23.9 Å². The highest BCUT2D eigenvalue weighted by atomic mass is 32.2. The highest BCUT2D eigenvalue weighted by Gasteiger charge is 2.22. The molecule has 0 aliphatic heterocycles. The molecule has 3 amide bonds. The standard InChI is InChI=1S/C19H24N4O5S3/c1-3-28-17(26)10-15(24)22-23-18(27)13(8-9-29-2)20-16(25)11-30-19-21-12-6-4-5-7-14(12)31-19/h4-7,13H,3,8-11H2,1-2H3,(H,20,25)(H,22,24)(H,23,27). The highest BCUT2D eigenvalue weighted by Crippen LogP contribution is 2.29. The molecule has 0 radical (unpaired) electrons. The molecule has 1 aromatic carbocycles. The van der Waals surface area contributed by atoms with Gasteiger partial charge in [-0.05, 0) is 37.5 Å². The van der Waals surface area contributed by atoms with Crippen LogP contribution >= 0.6 is 34.9 Å². The van der Waals surface area contributed by atoms with Gasteiger partial charge in [0, 0.05) is 0 Å². The van der Waals surface area contributed by atoms with E-state index >= 15 is 0 Å². The molecular formula is C19H24N4O5S3. The minimum Gasteiger partial charge on any atom is -0.466 e. The molecule has 1 aromatic heterocycles. The molecule has 0 fully saturated rings. The Morgan fingerprint density at radius 3 is 2.65 bits per heavy atom. The van der Waals surface area contributed by atoms with Crippen LogP contribution in [0.15, 0.2) is 28.6 Å². The van der Waals surface area contributed by atoms with Gasteiger partial charge in [-0.2, -0.15) is 11.8 Å². The van der Waals surface area contributed by atoms with E-state index in [2.05, 4.69) is 25.9 Å². The summed E-state index contributed by atoms with van der Waals surface area (Å²) in [4.78, 5) is 52.3. The Hall–Kier alpha value is -2.31. The number of fused-ring (bicyclic) bond motifs is 1. The normalized spacial score (nSPS) is 11.5. The van der Waals surface area contributed by atoms with E-state index in [1.165, 1.54) is 34.9 Å². The van der Waals surface area contributed by atoms with Gasteiger partial charge in [0.05, 0.1) is 22.6 Å². The Balaban J connectivity index is 1.84. The van der Waals surface area contributed by atoms with E-state index in [0.717, 1.165) is 14.6 Å². The van der Waals surface area contributed by atoms with Crippen molar-refractivity contribution in [1.29, 1.82) is 0 Å². The van der Waals surface area contributed by atoms with E-state index in [9.17, 15) is 19.2 Å². The third kappa shape index (κ3) is 8.75. The zero-order valence-electron chi connectivity index (χ0n) is 17.1. The zero-order valence-corrected chi connectivity index (χ0v) is 19.6. The Morgan fingerprint density at radius 1 is 1.16 bits per heavy atom. The van der Waals surface area contributed by atoms with Gasteiger partial charge < -0.3 is 10.1 Å². The topological polar surface area (TPSA) is 126 Å². The molecule has 0 bridgehead atoms. The number of nitrogens with one attached hydrogen (secondary N) is 3. The maximum absolute atomic E-state index is 12.4. The fourth-order valence-corrected chi connectivity index (χ4v) is 4.74. The van der Waals surface area contributed by atoms with Crippen LogP contribution in [0.4, 0.5) is 0 Å². The van der Waals surface area contributed by atoms with Crippen molar-refractivity contribution in [3.63, 3.8) is 0 Å². The predicted molar refractivity (Wildman–Crippen MR) is 123 cm³/mol. The van der Waals surface area contributed by atoms with Crippen molar-refractivity contribution in [3.8, 4) is 0 Å². The summed E-state index contributed by atoms with van der Waals surface area (Å²) in [5.74, 6) is -1.52. The summed E-state index contributed by atoms with van der Waals surface area (Å²) in [6.07, 6.45) is 1.77. The number of hydrogen-bond donors (Lipinski definition) is 3. The quantitative estimate of drug-likeness (QED) is 0.191. The van der Waals surface area contributed by atoms with Crippen LogP contribution < -0.4 is 16.2 Å². The number of ether oxygens (including phenoxy) is 1. The van der Waals surface area contributed by atoms with Crippen molar-refractivity contribution < 1.29 is 23.9 Å². The Labute approximate surface area is 192 Å². The second-order valence-corrected chi connectivity index (χ2v) is 9.40. The van der Waals surface area contributed by atoms with Gasteiger partial charge in [-0.25, -0.2) is 4.98 Å². The van der Waals surface area contributed by atoms with E-state index in [1.807, 2.05) is 30.5 Å². The van der Waals surface area contributed by atoms with E-state index in [-0.39, 0.29) is 18.3 Å². The first-order valence-electron chi connectivity index (χ1n) is 9.44. The average Bonchev–Trinajstić information content (AvgIpc) is 3.16. The molecule has 3 N–H and O–H groups in total. The van der Waals surface area contributed by atoms with E-state index in [0.29, 0.717) is 12.2 Å². The van der Waals surface area contributed by atoms with Crippen molar-refractivity contribution in [2.45, 2.75) is 30.1 Å². The summed E-state index contributed by atoms with van der Waals surface area (Å²) < 4.78 is 6.49. The highest BCUT2D eigenvalue weighted by molar-refractivity contribution is 8.01. The summed E-state index contributed by atoms with van der Waals surface area (Å²) in [6.45, 7) is 1.79. The molecule has 2 rings (SSSR count). The lowest BCUT2D eigenvalue weighted by Gasteiger charge is -2.18. The van der Waals surface area contributed by atoms with Gasteiger partial charge in [0.15, 0.2) is 4.34 Å². The largest absolute Gasteiger partial charge is 0.466 e. The van der Waals surface area contributed by atoms with Gasteiger partial charge in [-0.3, -0.25) is 30.0 Å². The molecule has 9 nitrogen and oxygen atoms in total. The molecule has 31 heavy (non-hydrogen) atoms. The van der Waals surface area contributed by atoms with Gasteiger partial charge in [0.1, 0.15) is 12.5 Å². The number of carbonyl (C=O) groups excluding carboxylic acids is 4. The third-order valence-corrected chi connectivity index (χ3v) is 6.62. The summed E-state index contributed by atoms with van der Waals surface area (Å²) >= 11 is 4.33. The Kier molecular flexibility index (Phi) is 10.6. The van der Waals surface area contributed by atoms with Gasteiger partial charge in [-0.15, -0.1) is 11.3 Å². The number of rotatable bonds is 11. The first-order chi connectivity index (χ1) is 14.9. The smallest absolute Gasteiger partial charge is 0.315 e. The van der Waals surface area contributed by atoms with Crippen LogP contribution in [0.1, 0.15) is 19.8 Å². The first-order valence-corrected chi connectivity index (χ1v) is 12.6. The number of amides is 3. The van der Waals surface area contributed by atoms with Crippen LogP contribution in [-0.4, -0.2) is 59.1 Å². The molecule has 1 atom stereocenters. The molecule has 12 heteroatoms. The first kappa shape index (κ1) is 25.0. The second-order valence-electron chi connectivity index (χ2n) is 6.16. The minimum atomic E-state index is -0.821. The van der Waals surface area contributed by atoms with Gasteiger partial charge in [0.25, 0.3) is 5.91 Å². The summed E-state index contributed by atoms with van der Waals surface area (Å²) in [5.41, 5.74) is 5.29. The van der Waals surface area contributed by atoms with Crippen LogP contribution in [0.2, 0.25) is 0 Å². The monoisotopic (exact) mass is 484 g/mol. The lowest BCUT2D eigenvalue weighted by Crippen LogP contribution is -2.53. The van der Waals surface area contributed by atoms with Gasteiger partial charge in [0.2, 0.25) is 11.8 Å². The molecule has 0 spiro atoms. The molecule has 0 aliphatic carbocycles.